The molecule has 1 N–H and O–H groups in total. The van der Waals surface area contributed by atoms with Crippen LogP contribution in [0, 0.1) is 11.8 Å². The molecule has 0 spiro atoms. The van der Waals surface area contributed by atoms with Crippen LogP contribution in [0.4, 0.5) is 0 Å². The molecule has 2 atom stereocenters. The van der Waals surface area contributed by atoms with Gasteiger partial charge in [0, 0.05) is 25.6 Å². The molecule has 1 heterocycles. The van der Waals surface area contributed by atoms with Gasteiger partial charge in [0.05, 0.1) is 0 Å². The molecule has 1 saturated heterocycles. The Bertz CT molecular complexity index is 236. The van der Waals surface area contributed by atoms with Crippen molar-refractivity contribution in [2.24, 2.45) is 11.8 Å². The van der Waals surface area contributed by atoms with Crippen molar-refractivity contribution < 1.29 is 4.79 Å². The quantitative estimate of drug-likeness (QED) is 0.740. The van der Waals surface area contributed by atoms with Crippen LogP contribution in [0.25, 0.3) is 0 Å². The average Bonchev–Trinajstić information content (AvgIpc) is 2.67. The summed E-state index contributed by atoms with van der Waals surface area (Å²) in [7, 11) is 2.02. The van der Waals surface area contributed by atoms with Crippen molar-refractivity contribution >= 4 is 5.91 Å². The van der Waals surface area contributed by atoms with Crippen molar-refractivity contribution in [3.63, 3.8) is 0 Å². The topological polar surface area (TPSA) is 32.3 Å². The molecule has 0 bridgehead atoms. The molecule has 0 aromatic heterocycles. The highest BCUT2D eigenvalue weighted by atomic mass is 16.2. The van der Waals surface area contributed by atoms with Crippen LogP contribution in [-0.2, 0) is 4.79 Å². The summed E-state index contributed by atoms with van der Waals surface area (Å²) < 4.78 is 0. The summed E-state index contributed by atoms with van der Waals surface area (Å²) in [6.07, 6.45) is 4.22. The largest absolute Gasteiger partial charge is 0.342 e. The maximum absolute atomic E-state index is 11.8. The van der Waals surface area contributed by atoms with Gasteiger partial charge in [0.1, 0.15) is 0 Å². The second-order valence-corrected chi connectivity index (χ2v) is 5.58. The lowest BCUT2D eigenvalue weighted by molar-refractivity contribution is -0.127. The van der Waals surface area contributed by atoms with E-state index < -0.39 is 0 Å². The Morgan fingerprint density at radius 3 is 2.65 bits per heavy atom. The Morgan fingerprint density at radius 1 is 1.47 bits per heavy atom. The number of amides is 1. The molecule has 0 aromatic carbocycles. The molecule has 100 valence electrons. The Morgan fingerprint density at radius 2 is 2.18 bits per heavy atom. The fraction of sp³-hybridized carbons (Fsp3) is 0.929. The van der Waals surface area contributed by atoms with Crippen LogP contribution < -0.4 is 5.32 Å². The molecule has 1 aliphatic heterocycles. The first-order valence-electron chi connectivity index (χ1n) is 7.03. The molecule has 2 unspecified atom stereocenters. The van der Waals surface area contributed by atoms with E-state index in [2.05, 4.69) is 31.0 Å². The van der Waals surface area contributed by atoms with Gasteiger partial charge >= 0.3 is 0 Å². The third kappa shape index (κ3) is 4.30. The number of carbonyl (C=O) groups excluding carboxylic acids is 1. The highest BCUT2D eigenvalue weighted by Gasteiger charge is 2.30. The summed E-state index contributed by atoms with van der Waals surface area (Å²) in [4.78, 5) is 13.9. The van der Waals surface area contributed by atoms with Crippen LogP contribution in [0.5, 0.6) is 0 Å². The van der Waals surface area contributed by atoms with Crippen LogP contribution >= 0.6 is 0 Å². The zero-order valence-corrected chi connectivity index (χ0v) is 11.8. The fourth-order valence-electron chi connectivity index (χ4n) is 2.55. The van der Waals surface area contributed by atoms with E-state index in [0.29, 0.717) is 23.8 Å². The molecule has 1 amide bonds. The highest BCUT2D eigenvalue weighted by molar-refractivity contribution is 5.78. The van der Waals surface area contributed by atoms with E-state index in [1.807, 2.05) is 7.05 Å². The van der Waals surface area contributed by atoms with Gasteiger partial charge in [-0.2, -0.15) is 0 Å². The van der Waals surface area contributed by atoms with Gasteiger partial charge in [-0.1, -0.05) is 20.8 Å². The van der Waals surface area contributed by atoms with Gasteiger partial charge in [-0.05, 0) is 38.1 Å². The van der Waals surface area contributed by atoms with Crippen molar-refractivity contribution in [3.8, 4) is 0 Å². The maximum atomic E-state index is 11.8. The Hall–Kier alpha value is -0.570. The molecule has 17 heavy (non-hydrogen) atoms. The number of nitrogens with zero attached hydrogens (tertiary/aromatic N) is 1. The predicted molar refractivity (Wildman–Crippen MR) is 71.9 cm³/mol. The van der Waals surface area contributed by atoms with Crippen molar-refractivity contribution in [3.05, 3.63) is 0 Å². The van der Waals surface area contributed by atoms with Crippen LogP contribution in [0.1, 0.15) is 46.5 Å². The van der Waals surface area contributed by atoms with Gasteiger partial charge in [-0.25, -0.2) is 0 Å². The number of carbonyl (C=O) groups is 1. The van der Waals surface area contributed by atoms with Gasteiger partial charge in [0.15, 0.2) is 0 Å². The van der Waals surface area contributed by atoms with Crippen molar-refractivity contribution in [2.75, 3.05) is 20.1 Å². The molecule has 3 nitrogen and oxygen atoms in total. The lowest BCUT2D eigenvalue weighted by Crippen LogP contribution is -2.29. The molecular formula is C14H28N2O. The molecule has 1 aliphatic rings. The van der Waals surface area contributed by atoms with Crippen molar-refractivity contribution in [1.29, 1.82) is 0 Å². The smallest absolute Gasteiger partial charge is 0.222 e. The number of hydrogen-bond donors (Lipinski definition) is 1. The van der Waals surface area contributed by atoms with Crippen LogP contribution in [0.3, 0.4) is 0 Å². The standard InChI is InChI=1S/C14H28N2O/c1-5-13(15-4)7-6-8-16-10-12(11(2)3)9-14(16)17/h11-13,15H,5-10H2,1-4H3. The van der Waals surface area contributed by atoms with Crippen LogP contribution in [0.2, 0.25) is 0 Å². The lowest BCUT2D eigenvalue weighted by Gasteiger charge is -2.20. The van der Waals surface area contributed by atoms with E-state index in [1.165, 1.54) is 12.8 Å². The van der Waals surface area contributed by atoms with E-state index in [9.17, 15) is 4.79 Å². The van der Waals surface area contributed by atoms with Crippen LogP contribution in [-0.4, -0.2) is 37.0 Å². The first-order chi connectivity index (χ1) is 8.08. The SMILES string of the molecule is CCC(CCCN1CC(C(C)C)CC1=O)NC. The number of likely N-dealkylation sites (tertiary alicyclic amines) is 1. The molecule has 3 heteroatoms. The summed E-state index contributed by atoms with van der Waals surface area (Å²) in [6.45, 7) is 8.56. The number of rotatable bonds is 7. The third-order valence-corrected chi connectivity index (χ3v) is 4.07. The first kappa shape index (κ1) is 14.5. The average molecular weight is 240 g/mol. The van der Waals surface area contributed by atoms with Crippen molar-refractivity contribution in [1.82, 2.24) is 10.2 Å². The summed E-state index contributed by atoms with van der Waals surface area (Å²) in [5.41, 5.74) is 0. The summed E-state index contributed by atoms with van der Waals surface area (Å²) in [5, 5.41) is 3.31. The minimum Gasteiger partial charge on any atom is -0.342 e. The summed E-state index contributed by atoms with van der Waals surface area (Å²) in [5.74, 6) is 1.57. The van der Waals surface area contributed by atoms with E-state index in [1.54, 1.807) is 0 Å². The Labute approximate surface area is 106 Å². The van der Waals surface area contributed by atoms with Gasteiger partial charge in [-0.15, -0.1) is 0 Å². The zero-order valence-electron chi connectivity index (χ0n) is 11.8. The van der Waals surface area contributed by atoms with E-state index in [4.69, 9.17) is 0 Å². The lowest BCUT2D eigenvalue weighted by atomic mass is 9.95. The molecule has 1 fully saturated rings. The van der Waals surface area contributed by atoms with Gasteiger partial charge < -0.3 is 10.2 Å². The molecule has 1 rings (SSSR count). The minimum absolute atomic E-state index is 0.362. The number of nitrogens with one attached hydrogen (secondary N) is 1. The Balaban J connectivity index is 2.26. The molecular weight excluding hydrogens is 212 g/mol. The Kier molecular flexibility index (Phi) is 5.96. The monoisotopic (exact) mass is 240 g/mol. The fourth-order valence-corrected chi connectivity index (χ4v) is 2.55. The summed E-state index contributed by atoms with van der Waals surface area (Å²) in [6, 6.07) is 0.605. The number of hydrogen-bond acceptors (Lipinski definition) is 2. The van der Waals surface area contributed by atoms with E-state index in [0.717, 1.165) is 25.9 Å². The van der Waals surface area contributed by atoms with E-state index in [-0.39, 0.29) is 0 Å². The predicted octanol–water partition coefficient (Wildman–Crippen LogP) is 2.27. The molecule has 0 radical (unpaired) electrons. The maximum Gasteiger partial charge on any atom is 0.222 e. The highest BCUT2D eigenvalue weighted by Crippen LogP contribution is 2.24. The summed E-state index contributed by atoms with van der Waals surface area (Å²) >= 11 is 0. The van der Waals surface area contributed by atoms with Gasteiger partial charge in [0.2, 0.25) is 5.91 Å². The third-order valence-electron chi connectivity index (χ3n) is 4.07. The normalized spacial score (nSPS) is 22.5. The van der Waals surface area contributed by atoms with Crippen molar-refractivity contribution in [2.45, 2.75) is 52.5 Å². The van der Waals surface area contributed by atoms with Crippen LogP contribution in [0.15, 0.2) is 0 Å². The molecule has 0 aromatic rings. The molecule has 0 saturated carbocycles. The second-order valence-electron chi connectivity index (χ2n) is 5.58. The minimum atomic E-state index is 0.362. The van der Waals surface area contributed by atoms with E-state index >= 15 is 0 Å². The second kappa shape index (κ2) is 7.00. The van der Waals surface area contributed by atoms with Gasteiger partial charge in [-0.3, -0.25) is 4.79 Å². The molecule has 0 aliphatic carbocycles. The van der Waals surface area contributed by atoms with Gasteiger partial charge in [0.25, 0.3) is 0 Å². The first-order valence-corrected chi connectivity index (χ1v) is 7.03. The zero-order chi connectivity index (χ0) is 12.8.